The van der Waals surface area contributed by atoms with Crippen molar-refractivity contribution in [3.05, 3.63) is 42.0 Å². The minimum absolute atomic E-state index is 0.000263. The summed E-state index contributed by atoms with van der Waals surface area (Å²) in [6.45, 7) is 6.32. The van der Waals surface area contributed by atoms with E-state index in [1.807, 2.05) is 12.3 Å². The Balaban J connectivity index is 2.49. The Morgan fingerprint density at radius 1 is 1.29 bits per heavy atom. The number of hydrogen-bond acceptors (Lipinski definition) is 3. The first kappa shape index (κ1) is 11.3. The van der Waals surface area contributed by atoms with E-state index < -0.39 is 0 Å². The van der Waals surface area contributed by atoms with Crippen LogP contribution in [-0.4, -0.2) is 14.8 Å². The Morgan fingerprint density at radius 2 is 2.06 bits per heavy atom. The molecule has 0 amide bonds. The molecular weight excluding hydrogens is 212 g/mol. The van der Waals surface area contributed by atoms with E-state index in [9.17, 15) is 0 Å². The summed E-state index contributed by atoms with van der Waals surface area (Å²) < 4.78 is 1.70. The molecular formula is C13H14N4. The number of nitrogens with zero attached hydrogens (tertiary/aromatic N) is 4. The van der Waals surface area contributed by atoms with E-state index in [2.05, 4.69) is 36.9 Å². The largest absolute Gasteiger partial charge is 0.262 e. The molecule has 0 unspecified atom stereocenters. The quantitative estimate of drug-likeness (QED) is 0.750. The van der Waals surface area contributed by atoms with Crippen LogP contribution in [0.1, 0.15) is 32.0 Å². The molecule has 2 rings (SSSR count). The van der Waals surface area contributed by atoms with E-state index in [1.165, 1.54) is 0 Å². The van der Waals surface area contributed by atoms with E-state index in [1.54, 1.807) is 23.1 Å². The lowest BCUT2D eigenvalue weighted by atomic mass is 9.93. The van der Waals surface area contributed by atoms with Crippen LogP contribution in [0, 0.1) is 11.3 Å². The predicted molar refractivity (Wildman–Crippen MR) is 64.8 cm³/mol. The van der Waals surface area contributed by atoms with Gasteiger partial charge in [-0.2, -0.15) is 10.4 Å². The van der Waals surface area contributed by atoms with Gasteiger partial charge in [0.1, 0.15) is 11.8 Å². The molecule has 0 aliphatic carbocycles. The van der Waals surface area contributed by atoms with Gasteiger partial charge in [0.25, 0.3) is 0 Å². The number of pyridine rings is 1. The third-order valence-corrected chi connectivity index (χ3v) is 2.52. The fraction of sp³-hybridized carbons (Fsp3) is 0.308. The smallest absolute Gasteiger partial charge is 0.102 e. The minimum Gasteiger partial charge on any atom is -0.262 e. The highest BCUT2D eigenvalue weighted by Gasteiger charge is 2.17. The van der Waals surface area contributed by atoms with Crippen LogP contribution in [0.3, 0.4) is 0 Å². The highest BCUT2D eigenvalue weighted by atomic mass is 15.3. The van der Waals surface area contributed by atoms with E-state index in [-0.39, 0.29) is 5.41 Å². The maximum Gasteiger partial charge on any atom is 0.102 e. The van der Waals surface area contributed by atoms with Crippen LogP contribution in [0.15, 0.2) is 30.7 Å². The molecule has 4 nitrogen and oxygen atoms in total. The average molecular weight is 226 g/mol. The molecule has 0 atom stereocenters. The zero-order valence-electron chi connectivity index (χ0n) is 10.2. The first-order valence-corrected chi connectivity index (χ1v) is 5.43. The number of rotatable bonds is 1. The Hall–Kier alpha value is -2.15. The molecule has 4 heteroatoms. The molecule has 0 fully saturated rings. The van der Waals surface area contributed by atoms with Crippen molar-refractivity contribution in [1.29, 1.82) is 5.26 Å². The summed E-state index contributed by atoms with van der Waals surface area (Å²) in [5.41, 5.74) is 2.28. The van der Waals surface area contributed by atoms with Crippen molar-refractivity contribution in [3.63, 3.8) is 0 Å². The van der Waals surface area contributed by atoms with Gasteiger partial charge in [0.2, 0.25) is 0 Å². The lowest BCUT2D eigenvalue weighted by Crippen LogP contribution is -2.12. The van der Waals surface area contributed by atoms with Crippen LogP contribution in [0.25, 0.3) is 5.69 Å². The SMILES string of the molecule is CC(C)(C)c1ccn(-c2cnccc2C#N)n1. The summed E-state index contributed by atoms with van der Waals surface area (Å²) in [6, 6.07) is 5.80. The minimum atomic E-state index is 0.000263. The summed E-state index contributed by atoms with van der Waals surface area (Å²) in [7, 11) is 0. The summed E-state index contributed by atoms with van der Waals surface area (Å²) in [5.74, 6) is 0. The second-order valence-corrected chi connectivity index (χ2v) is 4.90. The van der Waals surface area contributed by atoms with Crippen LogP contribution < -0.4 is 0 Å². The van der Waals surface area contributed by atoms with Crippen LogP contribution in [0.5, 0.6) is 0 Å². The molecule has 2 aromatic rings. The zero-order chi connectivity index (χ0) is 12.5. The van der Waals surface area contributed by atoms with Gasteiger partial charge in [0.05, 0.1) is 17.5 Å². The Morgan fingerprint density at radius 3 is 2.65 bits per heavy atom. The van der Waals surface area contributed by atoms with Crippen molar-refractivity contribution in [3.8, 4) is 11.8 Å². The van der Waals surface area contributed by atoms with Gasteiger partial charge < -0.3 is 0 Å². The van der Waals surface area contributed by atoms with Crippen LogP contribution in [0.4, 0.5) is 0 Å². The molecule has 0 radical (unpaired) electrons. The monoisotopic (exact) mass is 226 g/mol. The second kappa shape index (κ2) is 4.02. The molecule has 0 aliphatic rings. The van der Waals surface area contributed by atoms with E-state index in [4.69, 9.17) is 5.26 Å². The zero-order valence-corrected chi connectivity index (χ0v) is 10.2. The van der Waals surface area contributed by atoms with Crippen molar-refractivity contribution in [2.24, 2.45) is 0 Å². The Labute approximate surface area is 101 Å². The molecule has 86 valence electrons. The first-order valence-electron chi connectivity index (χ1n) is 5.43. The third-order valence-electron chi connectivity index (χ3n) is 2.52. The standard InChI is InChI=1S/C13H14N4/c1-13(2,3)12-5-7-17(16-12)11-9-15-6-4-10(11)8-14/h4-7,9H,1-3H3. The Bertz CT molecular complexity index is 570. The predicted octanol–water partition coefficient (Wildman–Crippen LogP) is 2.44. The lowest BCUT2D eigenvalue weighted by molar-refractivity contribution is 0.560. The molecule has 17 heavy (non-hydrogen) atoms. The summed E-state index contributed by atoms with van der Waals surface area (Å²) in [6.07, 6.45) is 5.12. The van der Waals surface area contributed by atoms with Crippen LogP contribution in [-0.2, 0) is 5.41 Å². The molecule has 2 aromatic heterocycles. The van der Waals surface area contributed by atoms with Gasteiger partial charge in [-0.15, -0.1) is 0 Å². The maximum absolute atomic E-state index is 9.03. The molecule has 0 bridgehead atoms. The second-order valence-electron chi connectivity index (χ2n) is 4.90. The van der Waals surface area contributed by atoms with Gasteiger partial charge in [-0.1, -0.05) is 20.8 Å². The number of nitriles is 1. The average Bonchev–Trinajstić information content (AvgIpc) is 2.77. The van der Waals surface area contributed by atoms with Gasteiger partial charge in [0, 0.05) is 17.8 Å². The molecule has 0 spiro atoms. The van der Waals surface area contributed by atoms with Crippen LogP contribution >= 0.6 is 0 Å². The van der Waals surface area contributed by atoms with Gasteiger partial charge in [0.15, 0.2) is 0 Å². The highest BCUT2D eigenvalue weighted by molar-refractivity contribution is 5.46. The van der Waals surface area contributed by atoms with E-state index >= 15 is 0 Å². The van der Waals surface area contributed by atoms with E-state index in [0.717, 1.165) is 5.69 Å². The third kappa shape index (κ3) is 2.18. The summed E-state index contributed by atoms with van der Waals surface area (Å²) in [5, 5.41) is 13.5. The first-order chi connectivity index (χ1) is 8.02. The van der Waals surface area contributed by atoms with Crippen molar-refractivity contribution in [2.45, 2.75) is 26.2 Å². The Kier molecular flexibility index (Phi) is 2.68. The summed E-state index contributed by atoms with van der Waals surface area (Å²) in [4.78, 5) is 4.03. The fourth-order valence-corrected chi connectivity index (χ4v) is 1.52. The van der Waals surface area contributed by atoms with Crippen molar-refractivity contribution < 1.29 is 0 Å². The molecule has 2 heterocycles. The fourth-order valence-electron chi connectivity index (χ4n) is 1.52. The van der Waals surface area contributed by atoms with Crippen molar-refractivity contribution in [2.75, 3.05) is 0 Å². The number of aromatic nitrogens is 3. The van der Waals surface area contributed by atoms with Gasteiger partial charge in [-0.25, -0.2) is 4.68 Å². The van der Waals surface area contributed by atoms with Gasteiger partial charge in [-0.3, -0.25) is 4.98 Å². The number of hydrogen-bond donors (Lipinski definition) is 0. The molecule has 0 N–H and O–H groups in total. The molecule has 0 aliphatic heterocycles. The van der Waals surface area contributed by atoms with Crippen molar-refractivity contribution in [1.82, 2.24) is 14.8 Å². The lowest BCUT2D eigenvalue weighted by Gasteiger charge is -2.14. The van der Waals surface area contributed by atoms with Gasteiger partial charge >= 0.3 is 0 Å². The maximum atomic E-state index is 9.03. The highest BCUT2D eigenvalue weighted by Crippen LogP contribution is 2.21. The van der Waals surface area contributed by atoms with Crippen molar-refractivity contribution >= 4 is 0 Å². The molecule has 0 saturated carbocycles. The topological polar surface area (TPSA) is 54.5 Å². The van der Waals surface area contributed by atoms with E-state index in [0.29, 0.717) is 11.3 Å². The van der Waals surface area contributed by atoms with Crippen LogP contribution in [0.2, 0.25) is 0 Å². The normalized spacial score (nSPS) is 11.2. The summed E-state index contributed by atoms with van der Waals surface area (Å²) >= 11 is 0. The van der Waals surface area contributed by atoms with Gasteiger partial charge in [-0.05, 0) is 12.1 Å². The molecule has 0 aromatic carbocycles. The molecule has 0 saturated heterocycles.